The maximum atomic E-state index is 12.3. The molecule has 1 aliphatic carbocycles. The van der Waals surface area contributed by atoms with Gasteiger partial charge in [-0.1, -0.05) is 26.7 Å². The van der Waals surface area contributed by atoms with Crippen LogP contribution in [0.1, 0.15) is 46.0 Å². The van der Waals surface area contributed by atoms with Gasteiger partial charge in [-0.25, -0.2) is 0 Å². The predicted octanol–water partition coefficient (Wildman–Crippen LogP) is 2.38. The van der Waals surface area contributed by atoms with Crippen molar-refractivity contribution in [1.82, 2.24) is 4.90 Å². The van der Waals surface area contributed by atoms with Gasteiger partial charge < -0.3 is 10.0 Å². The van der Waals surface area contributed by atoms with Crippen LogP contribution in [0.15, 0.2) is 0 Å². The van der Waals surface area contributed by atoms with Crippen molar-refractivity contribution in [1.29, 1.82) is 0 Å². The number of carboxylic acids is 1. The molecule has 1 rings (SSSR count). The van der Waals surface area contributed by atoms with E-state index in [0.717, 1.165) is 32.2 Å². The molecule has 0 aromatic rings. The van der Waals surface area contributed by atoms with Crippen LogP contribution in [0.3, 0.4) is 0 Å². The zero-order chi connectivity index (χ0) is 13.7. The SMILES string of the molecule is CC(C)CCN(C)C(=O)C1CCCCC1C(=O)O. The van der Waals surface area contributed by atoms with Crippen LogP contribution in [0.25, 0.3) is 0 Å². The van der Waals surface area contributed by atoms with E-state index >= 15 is 0 Å². The van der Waals surface area contributed by atoms with E-state index in [0.29, 0.717) is 12.3 Å². The Balaban J connectivity index is 2.59. The van der Waals surface area contributed by atoms with Crippen molar-refractivity contribution >= 4 is 11.9 Å². The molecule has 0 saturated heterocycles. The molecule has 1 amide bonds. The summed E-state index contributed by atoms with van der Waals surface area (Å²) in [5, 5.41) is 9.19. The Labute approximate surface area is 109 Å². The maximum Gasteiger partial charge on any atom is 0.307 e. The van der Waals surface area contributed by atoms with E-state index in [4.69, 9.17) is 0 Å². The van der Waals surface area contributed by atoms with Crippen LogP contribution in [0.2, 0.25) is 0 Å². The lowest BCUT2D eigenvalue weighted by molar-refractivity contribution is -0.151. The molecule has 104 valence electrons. The van der Waals surface area contributed by atoms with E-state index < -0.39 is 11.9 Å². The van der Waals surface area contributed by atoms with E-state index in [2.05, 4.69) is 13.8 Å². The van der Waals surface area contributed by atoms with Crippen molar-refractivity contribution in [2.24, 2.45) is 17.8 Å². The molecule has 0 radical (unpaired) electrons. The molecule has 0 spiro atoms. The first-order valence-corrected chi connectivity index (χ1v) is 6.91. The Bertz CT molecular complexity index is 301. The zero-order valence-corrected chi connectivity index (χ0v) is 11.7. The quantitative estimate of drug-likeness (QED) is 0.820. The Morgan fingerprint density at radius 3 is 2.28 bits per heavy atom. The molecule has 0 aromatic carbocycles. The van der Waals surface area contributed by atoms with Gasteiger partial charge >= 0.3 is 5.97 Å². The summed E-state index contributed by atoms with van der Waals surface area (Å²) in [6.07, 6.45) is 4.23. The van der Waals surface area contributed by atoms with Gasteiger partial charge in [0.15, 0.2) is 0 Å². The highest BCUT2D eigenvalue weighted by molar-refractivity contribution is 5.84. The second-order valence-electron chi connectivity index (χ2n) is 5.78. The molecule has 2 atom stereocenters. The van der Waals surface area contributed by atoms with Gasteiger partial charge in [-0.2, -0.15) is 0 Å². The summed E-state index contributed by atoms with van der Waals surface area (Å²) >= 11 is 0. The molecule has 4 heteroatoms. The molecule has 1 saturated carbocycles. The first-order chi connectivity index (χ1) is 8.43. The molecular formula is C14H25NO3. The van der Waals surface area contributed by atoms with Gasteiger partial charge in [-0.15, -0.1) is 0 Å². The summed E-state index contributed by atoms with van der Waals surface area (Å²) in [6.45, 7) is 4.97. The van der Waals surface area contributed by atoms with Gasteiger partial charge in [-0.05, 0) is 25.2 Å². The van der Waals surface area contributed by atoms with E-state index in [1.54, 1.807) is 11.9 Å². The van der Waals surface area contributed by atoms with Crippen molar-refractivity contribution < 1.29 is 14.7 Å². The van der Waals surface area contributed by atoms with Crippen molar-refractivity contribution in [3.8, 4) is 0 Å². The third-order valence-corrected chi connectivity index (χ3v) is 3.82. The lowest BCUT2D eigenvalue weighted by Crippen LogP contribution is -2.41. The normalized spacial score (nSPS) is 24.0. The number of amides is 1. The first-order valence-electron chi connectivity index (χ1n) is 6.91. The topological polar surface area (TPSA) is 57.6 Å². The standard InChI is InChI=1S/C14H25NO3/c1-10(2)8-9-15(3)13(16)11-6-4-5-7-12(11)14(17)18/h10-12H,4-9H2,1-3H3,(H,17,18). The van der Waals surface area contributed by atoms with Crippen LogP contribution in [0, 0.1) is 17.8 Å². The summed E-state index contributed by atoms with van der Waals surface area (Å²) in [4.78, 5) is 25.2. The first kappa shape index (κ1) is 15.0. The largest absolute Gasteiger partial charge is 0.481 e. The molecule has 0 aromatic heterocycles. The lowest BCUT2D eigenvalue weighted by Gasteiger charge is -2.31. The van der Waals surface area contributed by atoms with Crippen molar-refractivity contribution in [2.75, 3.05) is 13.6 Å². The fourth-order valence-corrected chi connectivity index (χ4v) is 2.57. The monoisotopic (exact) mass is 255 g/mol. The second kappa shape index (κ2) is 6.76. The molecule has 0 aliphatic heterocycles. The van der Waals surface area contributed by atoms with Gasteiger partial charge in [0.1, 0.15) is 0 Å². The van der Waals surface area contributed by atoms with Crippen molar-refractivity contribution in [3.63, 3.8) is 0 Å². The highest BCUT2D eigenvalue weighted by atomic mass is 16.4. The third kappa shape index (κ3) is 4.00. The van der Waals surface area contributed by atoms with Gasteiger partial charge in [-0.3, -0.25) is 9.59 Å². The highest BCUT2D eigenvalue weighted by Crippen LogP contribution is 2.31. The molecule has 18 heavy (non-hydrogen) atoms. The Morgan fingerprint density at radius 1 is 1.22 bits per heavy atom. The van der Waals surface area contributed by atoms with Crippen molar-refractivity contribution in [3.05, 3.63) is 0 Å². The van der Waals surface area contributed by atoms with Gasteiger partial charge in [0, 0.05) is 13.6 Å². The molecule has 0 heterocycles. The highest BCUT2D eigenvalue weighted by Gasteiger charge is 2.36. The summed E-state index contributed by atoms with van der Waals surface area (Å²) in [5.41, 5.74) is 0. The van der Waals surface area contributed by atoms with Gasteiger partial charge in [0.2, 0.25) is 5.91 Å². The lowest BCUT2D eigenvalue weighted by atomic mass is 9.78. The molecular weight excluding hydrogens is 230 g/mol. The number of carbonyl (C=O) groups excluding carboxylic acids is 1. The van der Waals surface area contributed by atoms with Crippen LogP contribution >= 0.6 is 0 Å². The van der Waals surface area contributed by atoms with E-state index in [-0.39, 0.29) is 11.8 Å². The molecule has 1 aliphatic rings. The Hall–Kier alpha value is -1.06. The fourth-order valence-electron chi connectivity index (χ4n) is 2.57. The fraction of sp³-hybridized carbons (Fsp3) is 0.857. The molecule has 4 nitrogen and oxygen atoms in total. The number of rotatable bonds is 5. The Morgan fingerprint density at radius 2 is 1.78 bits per heavy atom. The number of hydrogen-bond donors (Lipinski definition) is 1. The predicted molar refractivity (Wildman–Crippen MR) is 70.2 cm³/mol. The average molecular weight is 255 g/mol. The molecule has 1 fully saturated rings. The summed E-state index contributed by atoms with van der Waals surface area (Å²) < 4.78 is 0. The number of carboxylic acid groups (broad SMARTS) is 1. The number of carbonyl (C=O) groups is 2. The van der Waals surface area contributed by atoms with E-state index in [1.807, 2.05) is 0 Å². The van der Waals surface area contributed by atoms with Crippen molar-refractivity contribution in [2.45, 2.75) is 46.0 Å². The summed E-state index contributed by atoms with van der Waals surface area (Å²) in [5.74, 6) is -1.03. The van der Waals surface area contributed by atoms with Crippen LogP contribution < -0.4 is 0 Å². The van der Waals surface area contributed by atoms with E-state index in [1.165, 1.54) is 0 Å². The third-order valence-electron chi connectivity index (χ3n) is 3.82. The summed E-state index contributed by atoms with van der Waals surface area (Å²) in [7, 11) is 1.79. The minimum Gasteiger partial charge on any atom is -0.481 e. The van der Waals surface area contributed by atoms with Gasteiger partial charge in [0.05, 0.1) is 11.8 Å². The van der Waals surface area contributed by atoms with Crippen LogP contribution in [0.5, 0.6) is 0 Å². The number of hydrogen-bond acceptors (Lipinski definition) is 2. The summed E-state index contributed by atoms with van der Waals surface area (Å²) in [6, 6.07) is 0. The molecule has 2 unspecified atom stereocenters. The average Bonchev–Trinajstić information content (AvgIpc) is 2.34. The van der Waals surface area contributed by atoms with Crippen LogP contribution in [0.4, 0.5) is 0 Å². The minimum absolute atomic E-state index is 0.0164. The second-order valence-corrected chi connectivity index (χ2v) is 5.78. The van der Waals surface area contributed by atoms with Gasteiger partial charge in [0.25, 0.3) is 0 Å². The Kier molecular flexibility index (Phi) is 5.63. The molecule has 1 N–H and O–H groups in total. The van der Waals surface area contributed by atoms with Crippen LogP contribution in [-0.4, -0.2) is 35.5 Å². The zero-order valence-electron chi connectivity index (χ0n) is 11.7. The van der Waals surface area contributed by atoms with E-state index in [9.17, 15) is 14.7 Å². The molecule has 0 bridgehead atoms. The minimum atomic E-state index is -0.815. The number of nitrogens with zero attached hydrogens (tertiary/aromatic N) is 1. The maximum absolute atomic E-state index is 12.3. The smallest absolute Gasteiger partial charge is 0.307 e. The van der Waals surface area contributed by atoms with Crippen LogP contribution in [-0.2, 0) is 9.59 Å². The number of aliphatic carboxylic acids is 1.